The zero-order chi connectivity index (χ0) is 20.2. The number of carboxylic acid groups (broad SMARTS) is 1. The van der Waals surface area contributed by atoms with Crippen LogP contribution in [0, 0.1) is 0 Å². The molecule has 1 aliphatic rings. The van der Waals surface area contributed by atoms with E-state index in [9.17, 15) is 9.90 Å². The minimum Gasteiger partial charge on any atom is -0.478 e. The summed E-state index contributed by atoms with van der Waals surface area (Å²) in [5, 5.41) is 21.6. The van der Waals surface area contributed by atoms with E-state index in [1.807, 2.05) is 48.5 Å². The van der Waals surface area contributed by atoms with Gasteiger partial charge in [0, 0.05) is 12.6 Å². The first-order chi connectivity index (χ1) is 14.1. The Morgan fingerprint density at radius 1 is 1.24 bits per heavy atom. The number of aliphatic carboxylic acids is 1. The molecule has 3 aromatic rings. The number of nitrogens with one attached hydrogen (secondary N) is 1. The molecule has 1 saturated heterocycles. The molecule has 1 aliphatic heterocycles. The van der Waals surface area contributed by atoms with Crippen molar-refractivity contribution in [2.75, 3.05) is 11.9 Å². The van der Waals surface area contributed by atoms with Gasteiger partial charge in [0.15, 0.2) is 0 Å². The van der Waals surface area contributed by atoms with Gasteiger partial charge in [-0.3, -0.25) is 4.57 Å². The molecule has 7 heteroatoms. The van der Waals surface area contributed by atoms with Crippen molar-refractivity contribution in [2.24, 2.45) is 0 Å². The largest absolute Gasteiger partial charge is 0.478 e. The van der Waals surface area contributed by atoms with Crippen molar-refractivity contribution in [3.8, 4) is 0 Å². The number of hydrogen-bond donors (Lipinski definition) is 3. The fourth-order valence-corrected chi connectivity index (χ4v) is 3.63. The molecule has 2 heterocycles. The number of imidazole rings is 1. The Hall–Kier alpha value is -3.16. The highest BCUT2D eigenvalue weighted by Gasteiger charge is 2.29. The van der Waals surface area contributed by atoms with E-state index >= 15 is 0 Å². The Morgan fingerprint density at radius 3 is 2.90 bits per heavy atom. The summed E-state index contributed by atoms with van der Waals surface area (Å²) < 4.78 is 8.05. The van der Waals surface area contributed by atoms with Gasteiger partial charge in [-0.25, -0.2) is 9.78 Å². The van der Waals surface area contributed by atoms with Gasteiger partial charge in [0.25, 0.3) is 0 Å². The highest BCUT2D eigenvalue weighted by atomic mass is 16.5. The maximum Gasteiger partial charge on any atom is 0.328 e. The van der Waals surface area contributed by atoms with Crippen LogP contribution in [0.2, 0.25) is 0 Å². The van der Waals surface area contributed by atoms with E-state index in [0.717, 1.165) is 41.1 Å². The molecule has 2 aromatic carbocycles. The molecule has 7 nitrogen and oxygen atoms in total. The second-order valence-corrected chi connectivity index (χ2v) is 7.04. The van der Waals surface area contributed by atoms with Gasteiger partial charge in [0.05, 0.1) is 23.7 Å². The number of carbonyl (C=O) groups is 1. The average molecular weight is 393 g/mol. The molecule has 0 radical (unpaired) electrons. The van der Waals surface area contributed by atoms with Crippen LogP contribution in [0.25, 0.3) is 17.1 Å². The number of aromatic nitrogens is 2. The maximum atomic E-state index is 10.7. The van der Waals surface area contributed by atoms with Crippen molar-refractivity contribution < 1.29 is 19.7 Å². The number of anilines is 1. The van der Waals surface area contributed by atoms with Crippen LogP contribution in [-0.2, 0) is 16.1 Å². The summed E-state index contributed by atoms with van der Waals surface area (Å²) in [5.74, 6) is -0.263. The average Bonchev–Trinajstić information content (AvgIpc) is 3.34. The topological polar surface area (TPSA) is 96.6 Å². The van der Waals surface area contributed by atoms with Gasteiger partial charge in [0.1, 0.15) is 6.23 Å². The number of hydrogen-bond acceptors (Lipinski definition) is 5. The van der Waals surface area contributed by atoms with Crippen LogP contribution in [0.15, 0.2) is 54.6 Å². The standard InChI is InChI=1S/C22H23N3O4/c26-14-17-9-10-20(29-17)25-19-7-2-1-6-18(19)24-22(25)23-13-16-5-3-4-15(12-16)8-11-21(27)28/h1-8,11-12,17,20,26H,9-10,13-14H2,(H,23,24)(H,27,28)/b11-8+/t17-,20+/m0/s1. The SMILES string of the molecule is O=C(O)/C=C/c1cccc(CNc2nc3ccccc3n2[C@H]2CC[C@@H](CO)O2)c1. The number of fused-ring (bicyclic) bond motifs is 1. The molecule has 1 fully saturated rings. The third-order valence-corrected chi connectivity index (χ3v) is 4.99. The number of rotatable bonds is 7. The van der Waals surface area contributed by atoms with Crippen LogP contribution >= 0.6 is 0 Å². The van der Waals surface area contributed by atoms with Crippen molar-refractivity contribution in [3.63, 3.8) is 0 Å². The first kappa shape index (κ1) is 19.2. The maximum absolute atomic E-state index is 10.7. The lowest BCUT2D eigenvalue weighted by Gasteiger charge is -2.18. The monoisotopic (exact) mass is 393 g/mol. The summed E-state index contributed by atoms with van der Waals surface area (Å²) in [7, 11) is 0. The van der Waals surface area contributed by atoms with Gasteiger partial charge in [0.2, 0.25) is 5.95 Å². The van der Waals surface area contributed by atoms with Crippen LogP contribution in [0.3, 0.4) is 0 Å². The van der Waals surface area contributed by atoms with E-state index in [1.165, 1.54) is 0 Å². The van der Waals surface area contributed by atoms with E-state index in [1.54, 1.807) is 6.08 Å². The third-order valence-electron chi connectivity index (χ3n) is 4.99. The normalized spacial score (nSPS) is 19.2. The number of benzene rings is 2. The molecule has 29 heavy (non-hydrogen) atoms. The number of aliphatic hydroxyl groups excluding tert-OH is 1. The molecule has 0 aliphatic carbocycles. The first-order valence-corrected chi connectivity index (χ1v) is 9.61. The number of ether oxygens (including phenoxy) is 1. The van der Waals surface area contributed by atoms with Gasteiger partial charge in [-0.1, -0.05) is 30.3 Å². The Balaban J connectivity index is 1.58. The summed E-state index contributed by atoms with van der Waals surface area (Å²) >= 11 is 0. The van der Waals surface area contributed by atoms with Crippen molar-refractivity contribution >= 4 is 29.0 Å². The van der Waals surface area contributed by atoms with E-state index < -0.39 is 5.97 Å². The number of nitrogens with zero attached hydrogens (tertiary/aromatic N) is 2. The Kier molecular flexibility index (Phi) is 5.59. The number of para-hydroxylation sites is 2. The molecule has 0 spiro atoms. The molecular formula is C22H23N3O4. The highest BCUT2D eigenvalue weighted by Crippen LogP contribution is 2.34. The summed E-state index contributed by atoms with van der Waals surface area (Å²) in [5.41, 5.74) is 3.70. The number of carboxylic acids is 1. The van der Waals surface area contributed by atoms with E-state index in [4.69, 9.17) is 14.8 Å². The summed E-state index contributed by atoms with van der Waals surface area (Å²) in [6, 6.07) is 15.6. The molecule has 0 saturated carbocycles. The van der Waals surface area contributed by atoms with E-state index in [-0.39, 0.29) is 18.9 Å². The van der Waals surface area contributed by atoms with Gasteiger partial charge in [-0.2, -0.15) is 0 Å². The van der Waals surface area contributed by atoms with Crippen LogP contribution < -0.4 is 5.32 Å². The van der Waals surface area contributed by atoms with Crippen molar-refractivity contribution in [1.29, 1.82) is 0 Å². The van der Waals surface area contributed by atoms with Crippen LogP contribution in [0.5, 0.6) is 0 Å². The molecule has 3 N–H and O–H groups in total. The lowest BCUT2D eigenvalue weighted by atomic mass is 10.1. The summed E-state index contributed by atoms with van der Waals surface area (Å²) in [6.45, 7) is 0.552. The van der Waals surface area contributed by atoms with Gasteiger partial charge in [-0.15, -0.1) is 0 Å². The predicted octanol–water partition coefficient (Wildman–Crippen LogP) is 3.42. The summed E-state index contributed by atoms with van der Waals surface area (Å²) in [6.07, 6.45) is 4.00. The lowest BCUT2D eigenvalue weighted by Crippen LogP contribution is -2.16. The quantitative estimate of drug-likeness (QED) is 0.532. The molecule has 2 atom stereocenters. The van der Waals surface area contributed by atoms with Crippen molar-refractivity contribution in [2.45, 2.75) is 31.7 Å². The molecule has 0 amide bonds. The molecule has 4 rings (SSSR count). The smallest absolute Gasteiger partial charge is 0.328 e. The zero-order valence-corrected chi connectivity index (χ0v) is 15.9. The molecular weight excluding hydrogens is 370 g/mol. The second-order valence-electron chi connectivity index (χ2n) is 7.04. The molecule has 150 valence electrons. The van der Waals surface area contributed by atoms with Crippen LogP contribution in [0.1, 0.15) is 30.2 Å². The molecule has 0 unspecified atom stereocenters. The number of aliphatic hydroxyl groups is 1. The van der Waals surface area contributed by atoms with Crippen molar-refractivity contribution in [3.05, 3.63) is 65.7 Å². The third kappa shape index (κ3) is 4.31. The fourth-order valence-electron chi connectivity index (χ4n) is 3.63. The Morgan fingerprint density at radius 2 is 2.10 bits per heavy atom. The Labute approximate surface area is 168 Å². The lowest BCUT2D eigenvalue weighted by molar-refractivity contribution is -0.131. The zero-order valence-electron chi connectivity index (χ0n) is 15.9. The first-order valence-electron chi connectivity index (χ1n) is 9.61. The van der Waals surface area contributed by atoms with Crippen LogP contribution in [0.4, 0.5) is 5.95 Å². The van der Waals surface area contributed by atoms with E-state index in [2.05, 4.69) is 9.88 Å². The molecule has 0 bridgehead atoms. The van der Waals surface area contributed by atoms with Gasteiger partial charge < -0.3 is 20.3 Å². The second kappa shape index (κ2) is 8.46. The molecule has 1 aromatic heterocycles. The van der Waals surface area contributed by atoms with Crippen LogP contribution in [-0.4, -0.2) is 38.4 Å². The fraction of sp³-hybridized carbons (Fsp3) is 0.273. The minimum absolute atomic E-state index is 0.0164. The van der Waals surface area contributed by atoms with Gasteiger partial charge >= 0.3 is 5.97 Å². The van der Waals surface area contributed by atoms with Crippen molar-refractivity contribution in [1.82, 2.24) is 9.55 Å². The highest BCUT2D eigenvalue weighted by molar-refractivity contribution is 5.85. The Bertz CT molecular complexity index is 1040. The van der Waals surface area contributed by atoms with E-state index in [0.29, 0.717) is 12.5 Å². The van der Waals surface area contributed by atoms with Gasteiger partial charge in [-0.05, 0) is 48.2 Å². The minimum atomic E-state index is -0.972. The predicted molar refractivity (Wildman–Crippen MR) is 110 cm³/mol. The summed E-state index contributed by atoms with van der Waals surface area (Å²) in [4.78, 5) is 15.4.